The number of para-hydroxylation sites is 2. The van der Waals surface area contributed by atoms with E-state index in [1.54, 1.807) is 48.5 Å². The number of hydrogen-bond acceptors (Lipinski definition) is 4. The number of rotatable bonds is 5. The van der Waals surface area contributed by atoms with E-state index in [2.05, 4.69) is 10.3 Å². The number of thioether (sulfide) groups is 1. The Hall–Kier alpha value is -3.30. The molecule has 33 heavy (non-hydrogen) atoms. The Labute approximate surface area is 195 Å². The Balaban J connectivity index is 1.65. The smallest absolute Gasteiger partial charge is 0.325 e. The molecule has 0 saturated heterocycles. The van der Waals surface area contributed by atoms with Gasteiger partial charge in [-0.15, -0.1) is 0 Å². The lowest BCUT2D eigenvalue weighted by Gasteiger charge is -2.15. The molecule has 0 aliphatic heterocycles. The maximum atomic E-state index is 13.2. The third-order valence-electron chi connectivity index (χ3n) is 4.67. The van der Waals surface area contributed by atoms with Crippen LogP contribution in [-0.4, -0.2) is 21.2 Å². The molecular weight excluding hydrogens is 475 g/mol. The Bertz CT molecular complexity index is 1390. The van der Waals surface area contributed by atoms with Crippen LogP contribution >= 0.6 is 23.4 Å². The summed E-state index contributed by atoms with van der Waals surface area (Å²) in [7, 11) is 0. The second kappa shape index (κ2) is 9.29. The first-order chi connectivity index (χ1) is 15.7. The molecule has 0 aliphatic rings. The highest BCUT2D eigenvalue weighted by Gasteiger charge is 2.33. The van der Waals surface area contributed by atoms with Crippen molar-refractivity contribution in [2.75, 3.05) is 11.1 Å². The summed E-state index contributed by atoms with van der Waals surface area (Å²) < 4.78 is 40.9. The van der Waals surface area contributed by atoms with Gasteiger partial charge in [0.05, 0.1) is 33.6 Å². The van der Waals surface area contributed by atoms with Gasteiger partial charge in [-0.05, 0) is 48.5 Å². The van der Waals surface area contributed by atoms with Crippen molar-refractivity contribution < 1.29 is 18.0 Å². The molecule has 0 bridgehead atoms. The summed E-state index contributed by atoms with van der Waals surface area (Å²) in [4.78, 5) is 30.2. The molecule has 168 valence electrons. The molecule has 4 rings (SSSR count). The first kappa shape index (κ1) is 22.9. The lowest BCUT2D eigenvalue weighted by molar-refractivity contribution is -0.137. The molecule has 1 amide bonds. The number of nitrogens with zero attached hydrogens (tertiary/aromatic N) is 2. The third-order valence-corrected chi connectivity index (χ3v) is 5.86. The molecule has 0 fully saturated rings. The molecule has 10 heteroatoms. The van der Waals surface area contributed by atoms with Crippen LogP contribution in [0.2, 0.25) is 5.02 Å². The Morgan fingerprint density at radius 3 is 2.39 bits per heavy atom. The van der Waals surface area contributed by atoms with Crippen molar-refractivity contribution in [3.63, 3.8) is 0 Å². The van der Waals surface area contributed by atoms with Gasteiger partial charge in [-0.2, -0.15) is 13.2 Å². The van der Waals surface area contributed by atoms with Gasteiger partial charge in [0, 0.05) is 5.02 Å². The van der Waals surface area contributed by atoms with E-state index in [0.29, 0.717) is 21.6 Å². The summed E-state index contributed by atoms with van der Waals surface area (Å²) in [6.07, 6.45) is -4.61. The van der Waals surface area contributed by atoms with Crippen LogP contribution in [-0.2, 0) is 11.0 Å². The van der Waals surface area contributed by atoms with E-state index in [1.807, 2.05) is 0 Å². The van der Waals surface area contributed by atoms with E-state index in [1.165, 1.54) is 22.8 Å². The molecule has 0 radical (unpaired) electrons. The van der Waals surface area contributed by atoms with E-state index >= 15 is 0 Å². The van der Waals surface area contributed by atoms with Crippen molar-refractivity contribution in [3.05, 3.63) is 93.7 Å². The van der Waals surface area contributed by atoms with Crippen LogP contribution in [0.25, 0.3) is 16.6 Å². The van der Waals surface area contributed by atoms with Crippen LogP contribution < -0.4 is 10.9 Å². The average Bonchev–Trinajstić information content (AvgIpc) is 2.78. The van der Waals surface area contributed by atoms with Crippen molar-refractivity contribution in [1.82, 2.24) is 9.55 Å². The first-order valence-corrected chi connectivity index (χ1v) is 11.0. The highest BCUT2D eigenvalue weighted by molar-refractivity contribution is 7.99. The number of alkyl halides is 3. The number of aromatic nitrogens is 2. The minimum Gasteiger partial charge on any atom is -0.325 e. The van der Waals surface area contributed by atoms with Crippen LogP contribution in [0, 0.1) is 0 Å². The molecule has 3 aromatic carbocycles. The minimum atomic E-state index is -4.61. The van der Waals surface area contributed by atoms with Gasteiger partial charge in [0.25, 0.3) is 5.56 Å². The predicted octanol–water partition coefficient (Wildman–Crippen LogP) is 5.79. The topological polar surface area (TPSA) is 64.0 Å². The summed E-state index contributed by atoms with van der Waals surface area (Å²) in [6.45, 7) is 0. The van der Waals surface area contributed by atoms with Gasteiger partial charge in [0.2, 0.25) is 5.91 Å². The number of nitrogens with one attached hydrogen (secondary N) is 1. The summed E-state index contributed by atoms with van der Waals surface area (Å²) in [6, 6.07) is 18.0. The third kappa shape index (κ3) is 5.04. The molecule has 0 aliphatic carbocycles. The van der Waals surface area contributed by atoms with Crippen LogP contribution in [0.1, 0.15) is 5.56 Å². The quantitative estimate of drug-likeness (QED) is 0.285. The maximum absolute atomic E-state index is 13.2. The van der Waals surface area contributed by atoms with E-state index in [0.717, 1.165) is 17.8 Å². The van der Waals surface area contributed by atoms with Crippen LogP contribution in [0.4, 0.5) is 18.9 Å². The second-order valence-electron chi connectivity index (χ2n) is 6.91. The van der Waals surface area contributed by atoms with Crippen LogP contribution in [0.3, 0.4) is 0 Å². The minimum absolute atomic E-state index is 0.222. The number of anilines is 1. The monoisotopic (exact) mass is 489 g/mol. The number of halogens is 4. The molecule has 0 atom stereocenters. The standard InChI is InChI=1S/C23H15ClF3N3O2S/c24-14-9-11-15(12-10-14)30-21(32)16-5-1-3-7-18(16)29-22(30)33-13-20(31)28-19-8-4-2-6-17(19)23(25,26)27/h1-12H,13H2,(H,28,31). The van der Waals surface area contributed by atoms with Gasteiger partial charge in [-0.25, -0.2) is 4.98 Å². The van der Waals surface area contributed by atoms with Gasteiger partial charge < -0.3 is 5.32 Å². The van der Waals surface area contributed by atoms with E-state index in [4.69, 9.17) is 11.6 Å². The molecule has 0 unspecified atom stereocenters. The SMILES string of the molecule is O=C(CSc1nc2ccccc2c(=O)n1-c1ccc(Cl)cc1)Nc1ccccc1C(F)(F)F. The number of carbonyl (C=O) groups is 1. The van der Waals surface area contributed by atoms with Gasteiger partial charge in [-0.1, -0.05) is 47.6 Å². The van der Waals surface area contributed by atoms with Gasteiger partial charge in [0.1, 0.15) is 0 Å². The Morgan fingerprint density at radius 2 is 1.67 bits per heavy atom. The second-order valence-corrected chi connectivity index (χ2v) is 8.29. The average molecular weight is 490 g/mol. The van der Waals surface area contributed by atoms with Gasteiger partial charge in [-0.3, -0.25) is 14.2 Å². The fraction of sp³-hybridized carbons (Fsp3) is 0.0870. The van der Waals surface area contributed by atoms with Gasteiger partial charge >= 0.3 is 6.18 Å². The Morgan fingerprint density at radius 1 is 1.00 bits per heavy atom. The van der Waals surface area contributed by atoms with Crippen molar-refractivity contribution >= 4 is 45.9 Å². The molecule has 4 aromatic rings. The zero-order valence-electron chi connectivity index (χ0n) is 16.8. The number of carbonyl (C=O) groups excluding carboxylic acids is 1. The first-order valence-electron chi connectivity index (χ1n) is 9.60. The molecule has 5 nitrogen and oxygen atoms in total. The molecule has 1 N–H and O–H groups in total. The summed E-state index contributed by atoms with van der Waals surface area (Å²) in [5.41, 5.74) is -0.679. The summed E-state index contributed by atoms with van der Waals surface area (Å²) in [5, 5.41) is 3.39. The van der Waals surface area contributed by atoms with Crippen LogP contribution in [0.15, 0.2) is 82.7 Å². The highest BCUT2D eigenvalue weighted by atomic mass is 35.5. The fourth-order valence-electron chi connectivity index (χ4n) is 3.18. The zero-order chi connectivity index (χ0) is 23.6. The van der Waals surface area contributed by atoms with Gasteiger partial charge in [0.15, 0.2) is 5.16 Å². The molecule has 0 saturated carbocycles. The highest BCUT2D eigenvalue weighted by Crippen LogP contribution is 2.34. The molecule has 1 heterocycles. The van der Waals surface area contributed by atoms with Crippen molar-refractivity contribution in [1.29, 1.82) is 0 Å². The van der Waals surface area contributed by atoms with Crippen molar-refractivity contribution in [3.8, 4) is 5.69 Å². The van der Waals surface area contributed by atoms with E-state index < -0.39 is 17.6 Å². The van der Waals surface area contributed by atoms with Crippen molar-refractivity contribution in [2.24, 2.45) is 0 Å². The largest absolute Gasteiger partial charge is 0.418 e. The fourth-order valence-corrected chi connectivity index (χ4v) is 4.12. The number of hydrogen-bond donors (Lipinski definition) is 1. The number of benzene rings is 3. The lowest BCUT2D eigenvalue weighted by atomic mass is 10.1. The Kier molecular flexibility index (Phi) is 6.44. The number of fused-ring (bicyclic) bond motifs is 1. The lowest BCUT2D eigenvalue weighted by Crippen LogP contribution is -2.23. The normalized spacial score (nSPS) is 11.5. The molecule has 0 spiro atoms. The predicted molar refractivity (Wildman–Crippen MR) is 123 cm³/mol. The summed E-state index contributed by atoms with van der Waals surface area (Å²) in [5.74, 6) is -0.924. The zero-order valence-corrected chi connectivity index (χ0v) is 18.3. The number of amides is 1. The molecule has 1 aromatic heterocycles. The van der Waals surface area contributed by atoms with E-state index in [9.17, 15) is 22.8 Å². The maximum Gasteiger partial charge on any atom is 0.418 e. The van der Waals surface area contributed by atoms with Crippen LogP contribution in [0.5, 0.6) is 0 Å². The van der Waals surface area contributed by atoms with Crippen molar-refractivity contribution in [2.45, 2.75) is 11.3 Å². The summed E-state index contributed by atoms with van der Waals surface area (Å²) >= 11 is 6.90. The molecular formula is C23H15ClF3N3O2S. The van der Waals surface area contributed by atoms with E-state index in [-0.39, 0.29) is 22.2 Å².